The van der Waals surface area contributed by atoms with Gasteiger partial charge in [0.05, 0.1) is 10.7 Å². The van der Waals surface area contributed by atoms with Gasteiger partial charge in [0.2, 0.25) is 5.91 Å². The summed E-state index contributed by atoms with van der Waals surface area (Å²) in [6.45, 7) is 2.83. The molecule has 0 saturated carbocycles. The Kier molecular flexibility index (Phi) is 4.31. The molecule has 0 fully saturated rings. The van der Waals surface area contributed by atoms with E-state index < -0.39 is 0 Å². The van der Waals surface area contributed by atoms with E-state index in [-0.39, 0.29) is 11.9 Å². The van der Waals surface area contributed by atoms with Gasteiger partial charge in [-0.05, 0) is 25.8 Å². The van der Waals surface area contributed by atoms with E-state index in [2.05, 4.69) is 21.1 Å². The number of aromatic nitrogens is 2. The summed E-state index contributed by atoms with van der Waals surface area (Å²) < 4.78 is 2.16. The number of thiophene rings is 1. The Labute approximate surface area is 133 Å². The van der Waals surface area contributed by atoms with Crippen LogP contribution in [0.3, 0.4) is 0 Å². The minimum Gasteiger partial charge on any atom is -0.352 e. The van der Waals surface area contributed by atoms with Crippen molar-refractivity contribution in [2.75, 3.05) is 0 Å². The molecule has 1 N–H and O–H groups in total. The fourth-order valence-corrected chi connectivity index (χ4v) is 3.80. The highest BCUT2D eigenvalue weighted by molar-refractivity contribution is 7.10. The van der Waals surface area contributed by atoms with Crippen LogP contribution in [0, 0.1) is 6.92 Å². The van der Waals surface area contributed by atoms with E-state index in [0.717, 1.165) is 47.2 Å². The van der Waals surface area contributed by atoms with E-state index in [4.69, 9.17) is 11.6 Å². The number of carbonyl (C=O) groups is 1. The Morgan fingerprint density at radius 2 is 2.48 bits per heavy atom. The lowest BCUT2D eigenvalue weighted by Crippen LogP contribution is -2.40. The number of carbonyl (C=O) groups excluding carboxylic acids is 1. The lowest BCUT2D eigenvalue weighted by molar-refractivity contribution is -0.121. The summed E-state index contributed by atoms with van der Waals surface area (Å²) in [5, 5.41) is 5.79. The van der Waals surface area contributed by atoms with Crippen LogP contribution in [0.4, 0.5) is 0 Å². The third-order valence-corrected chi connectivity index (χ3v) is 5.04. The molecule has 1 unspecified atom stereocenters. The molecule has 0 aromatic carbocycles. The molecule has 0 radical (unpaired) electrons. The maximum Gasteiger partial charge on any atom is 0.220 e. The highest BCUT2D eigenvalue weighted by Crippen LogP contribution is 2.20. The number of fused-ring (bicyclic) bond motifs is 1. The van der Waals surface area contributed by atoms with Crippen LogP contribution >= 0.6 is 22.9 Å². The van der Waals surface area contributed by atoms with Gasteiger partial charge in [-0.3, -0.25) is 4.79 Å². The van der Waals surface area contributed by atoms with Gasteiger partial charge in [0, 0.05) is 41.9 Å². The van der Waals surface area contributed by atoms with Gasteiger partial charge < -0.3 is 9.88 Å². The number of rotatable bonds is 4. The van der Waals surface area contributed by atoms with Crippen molar-refractivity contribution < 1.29 is 4.79 Å². The predicted molar refractivity (Wildman–Crippen MR) is 84.9 cm³/mol. The van der Waals surface area contributed by atoms with Crippen molar-refractivity contribution in [3.63, 3.8) is 0 Å². The van der Waals surface area contributed by atoms with Gasteiger partial charge in [0.1, 0.15) is 5.82 Å². The Bertz CT molecular complexity index is 649. The van der Waals surface area contributed by atoms with Crippen LogP contribution < -0.4 is 5.32 Å². The zero-order valence-corrected chi connectivity index (χ0v) is 13.5. The van der Waals surface area contributed by atoms with E-state index in [1.807, 2.05) is 18.4 Å². The summed E-state index contributed by atoms with van der Waals surface area (Å²) in [5.74, 6) is 1.25. The van der Waals surface area contributed by atoms with Gasteiger partial charge in [-0.25, -0.2) is 4.98 Å². The largest absolute Gasteiger partial charge is 0.352 e. The molecule has 4 nitrogen and oxygen atoms in total. The molecule has 2 aromatic heterocycles. The topological polar surface area (TPSA) is 46.9 Å². The van der Waals surface area contributed by atoms with Crippen LogP contribution in [0.2, 0.25) is 5.02 Å². The molecule has 0 spiro atoms. The second-order valence-electron chi connectivity index (χ2n) is 5.49. The first kappa shape index (κ1) is 14.6. The molecule has 0 saturated heterocycles. The van der Waals surface area contributed by atoms with Crippen LogP contribution in [-0.4, -0.2) is 21.5 Å². The average molecular weight is 324 g/mol. The molecular weight excluding hydrogens is 306 g/mol. The van der Waals surface area contributed by atoms with E-state index in [0.29, 0.717) is 6.42 Å². The van der Waals surface area contributed by atoms with Crippen molar-refractivity contribution in [2.45, 2.75) is 45.2 Å². The van der Waals surface area contributed by atoms with Crippen molar-refractivity contribution in [3.8, 4) is 0 Å². The summed E-state index contributed by atoms with van der Waals surface area (Å²) in [4.78, 5) is 17.7. The van der Waals surface area contributed by atoms with Crippen LogP contribution in [0.5, 0.6) is 0 Å². The monoisotopic (exact) mass is 323 g/mol. The molecule has 1 aliphatic heterocycles. The molecule has 1 amide bonds. The summed E-state index contributed by atoms with van der Waals surface area (Å²) in [6, 6.07) is 2.14. The number of halogens is 1. The molecule has 2 aromatic rings. The van der Waals surface area contributed by atoms with Crippen molar-refractivity contribution in [3.05, 3.63) is 39.1 Å². The second kappa shape index (κ2) is 6.20. The van der Waals surface area contributed by atoms with Crippen LogP contribution in [-0.2, 0) is 24.2 Å². The highest BCUT2D eigenvalue weighted by atomic mass is 35.5. The van der Waals surface area contributed by atoms with E-state index >= 15 is 0 Å². The van der Waals surface area contributed by atoms with Crippen LogP contribution in [0.25, 0.3) is 0 Å². The minimum absolute atomic E-state index is 0.116. The van der Waals surface area contributed by atoms with Crippen molar-refractivity contribution in [2.24, 2.45) is 0 Å². The Morgan fingerprint density at radius 3 is 3.24 bits per heavy atom. The number of nitrogens with zero attached hydrogens (tertiary/aromatic N) is 2. The summed E-state index contributed by atoms with van der Waals surface area (Å²) in [5.41, 5.74) is 1.05. The van der Waals surface area contributed by atoms with Gasteiger partial charge >= 0.3 is 0 Å². The van der Waals surface area contributed by atoms with Crippen molar-refractivity contribution >= 4 is 28.8 Å². The quantitative estimate of drug-likeness (QED) is 0.940. The molecule has 0 bridgehead atoms. The SMILES string of the molecule is Cc1cn2c(n1)CCC(NC(=O)CCc1cc(Cl)cs1)C2. The van der Waals surface area contributed by atoms with Gasteiger partial charge in [-0.1, -0.05) is 11.6 Å². The minimum atomic E-state index is 0.116. The lowest BCUT2D eigenvalue weighted by Gasteiger charge is -2.24. The van der Waals surface area contributed by atoms with Gasteiger partial charge in [0.25, 0.3) is 0 Å². The highest BCUT2D eigenvalue weighted by Gasteiger charge is 2.21. The number of imidazole rings is 1. The first-order valence-corrected chi connectivity index (χ1v) is 8.41. The number of hydrogen-bond acceptors (Lipinski definition) is 3. The van der Waals surface area contributed by atoms with E-state index in [9.17, 15) is 4.79 Å². The summed E-state index contributed by atoms with van der Waals surface area (Å²) >= 11 is 7.49. The Hall–Kier alpha value is -1.33. The fraction of sp³-hybridized carbons (Fsp3) is 0.467. The molecule has 6 heteroatoms. The van der Waals surface area contributed by atoms with E-state index in [1.54, 1.807) is 11.3 Å². The smallest absolute Gasteiger partial charge is 0.220 e. The van der Waals surface area contributed by atoms with Crippen LogP contribution in [0.1, 0.15) is 29.2 Å². The van der Waals surface area contributed by atoms with Gasteiger partial charge in [-0.2, -0.15) is 0 Å². The molecule has 112 valence electrons. The molecule has 0 aliphatic carbocycles. The number of nitrogens with one attached hydrogen (secondary N) is 1. The molecular formula is C15H18ClN3OS. The predicted octanol–water partition coefficient (Wildman–Crippen LogP) is 2.97. The number of aryl methyl sites for hydroxylation is 3. The summed E-state index contributed by atoms with van der Waals surface area (Å²) in [6.07, 6.45) is 5.22. The van der Waals surface area contributed by atoms with Crippen molar-refractivity contribution in [1.29, 1.82) is 0 Å². The van der Waals surface area contributed by atoms with Crippen molar-refractivity contribution in [1.82, 2.24) is 14.9 Å². The Balaban J connectivity index is 1.49. The first-order valence-electron chi connectivity index (χ1n) is 7.15. The molecule has 3 rings (SSSR count). The second-order valence-corrected chi connectivity index (χ2v) is 6.92. The normalized spacial score (nSPS) is 17.5. The fourth-order valence-electron chi connectivity index (χ4n) is 2.73. The molecule has 3 heterocycles. The van der Waals surface area contributed by atoms with Crippen LogP contribution in [0.15, 0.2) is 17.6 Å². The van der Waals surface area contributed by atoms with E-state index in [1.165, 1.54) is 0 Å². The number of amides is 1. The van der Waals surface area contributed by atoms with Gasteiger partial charge in [0.15, 0.2) is 0 Å². The Morgan fingerprint density at radius 1 is 1.62 bits per heavy atom. The summed E-state index contributed by atoms with van der Waals surface area (Å²) in [7, 11) is 0. The third-order valence-electron chi connectivity index (χ3n) is 3.70. The zero-order chi connectivity index (χ0) is 14.8. The maximum absolute atomic E-state index is 12.0. The lowest BCUT2D eigenvalue weighted by atomic mass is 10.1. The standard InChI is InChI=1S/C15H18ClN3OS/c1-10-7-19-8-12(2-4-14(19)17-10)18-15(20)5-3-13-6-11(16)9-21-13/h6-7,9,12H,2-5,8H2,1H3,(H,18,20). The molecule has 1 atom stereocenters. The third kappa shape index (κ3) is 3.66. The first-order chi connectivity index (χ1) is 10.1. The maximum atomic E-state index is 12.0. The molecule has 21 heavy (non-hydrogen) atoms. The molecule has 1 aliphatic rings. The number of hydrogen-bond donors (Lipinski definition) is 1. The zero-order valence-electron chi connectivity index (χ0n) is 11.9. The van der Waals surface area contributed by atoms with Gasteiger partial charge in [-0.15, -0.1) is 11.3 Å². The average Bonchev–Trinajstić information content (AvgIpc) is 3.01.